The first-order valence-corrected chi connectivity index (χ1v) is 6.63. The molecule has 5 nitrogen and oxygen atoms in total. The highest BCUT2D eigenvalue weighted by atomic mass is 16.5. The number of rotatable bonds is 5. The summed E-state index contributed by atoms with van der Waals surface area (Å²) in [5, 5.41) is 31.8. The van der Waals surface area contributed by atoms with Gasteiger partial charge in [-0.25, -0.2) is 0 Å². The number of phenols is 3. The summed E-state index contributed by atoms with van der Waals surface area (Å²) in [5.41, 5.74) is 1.60. The highest BCUT2D eigenvalue weighted by Gasteiger charge is 2.12. The molecule has 0 amide bonds. The van der Waals surface area contributed by atoms with Gasteiger partial charge in [0.2, 0.25) is 5.75 Å². The largest absolute Gasteiger partial charge is 0.504 e. The van der Waals surface area contributed by atoms with Crippen LogP contribution in [0, 0.1) is 0 Å². The molecule has 0 saturated carbocycles. The fraction of sp³-hybridized carbons (Fsp3) is 0.250. The average molecular weight is 289 g/mol. The summed E-state index contributed by atoms with van der Waals surface area (Å²) in [5.74, 6) is -0.331. The highest BCUT2D eigenvalue weighted by Crippen LogP contribution is 2.37. The first-order chi connectivity index (χ1) is 10.0. The number of hydrogen-bond donors (Lipinski definition) is 4. The van der Waals surface area contributed by atoms with Gasteiger partial charge in [-0.15, -0.1) is 0 Å². The molecular formula is C16H19NO4. The van der Waals surface area contributed by atoms with Gasteiger partial charge < -0.3 is 25.4 Å². The molecule has 0 radical (unpaired) electrons. The van der Waals surface area contributed by atoms with E-state index in [1.54, 1.807) is 13.2 Å². The van der Waals surface area contributed by atoms with Gasteiger partial charge in [-0.2, -0.15) is 0 Å². The molecule has 4 N–H and O–H groups in total. The maximum absolute atomic E-state index is 9.76. The molecule has 0 spiro atoms. The predicted octanol–water partition coefficient (Wildman–Crippen LogP) is 2.66. The topological polar surface area (TPSA) is 82.0 Å². The summed E-state index contributed by atoms with van der Waals surface area (Å²) < 4.78 is 5.11. The third kappa shape index (κ3) is 3.38. The van der Waals surface area contributed by atoms with Crippen LogP contribution < -0.4 is 10.1 Å². The first kappa shape index (κ1) is 15.0. The van der Waals surface area contributed by atoms with Crippen LogP contribution in [-0.4, -0.2) is 22.4 Å². The predicted molar refractivity (Wildman–Crippen MR) is 79.7 cm³/mol. The second-order valence-corrected chi connectivity index (χ2v) is 4.82. The number of benzene rings is 2. The minimum Gasteiger partial charge on any atom is -0.504 e. The van der Waals surface area contributed by atoms with E-state index in [2.05, 4.69) is 5.32 Å². The first-order valence-electron chi connectivity index (χ1n) is 6.63. The number of ether oxygens (including phenoxy) is 1. The van der Waals surface area contributed by atoms with E-state index in [0.29, 0.717) is 12.1 Å². The molecule has 2 aromatic rings. The van der Waals surface area contributed by atoms with Crippen molar-refractivity contribution >= 4 is 0 Å². The maximum atomic E-state index is 9.76. The molecule has 112 valence electrons. The van der Waals surface area contributed by atoms with Crippen molar-refractivity contribution in [3.63, 3.8) is 0 Å². The van der Waals surface area contributed by atoms with E-state index >= 15 is 0 Å². The smallest absolute Gasteiger partial charge is 0.200 e. The van der Waals surface area contributed by atoms with Crippen LogP contribution in [0.3, 0.4) is 0 Å². The summed E-state index contributed by atoms with van der Waals surface area (Å²) in [6.45, 7) is 2.37. The number of aromatic hydroxyl groups is 3. The molecule has 21 heavy (non-hydrogen) atoms. The molecule has 0 fully saturated rings. The number of phenolic OH excluding ortho intramolecular Hbond substituents is 3. The minimum absolute atomic E-state index is 0.0613. The normalized spacial score (nSPS) is 12.1. The summed E-state index contributed by atoms with van der Waals surface area (Å²) >= 11 is 0. The Morgan fingerprint density at radius 1 is 1.00 bits per heavy atom. The van der Waals surface area contributed by atoms with E-state index in [4.69, 9.17) is 4.74 Å². The van der Waals surface area contributed by atoms with Gasteiger partial charge >= 0.3 is 0 Å². The lowest BCUT2D eigenvalue weighted by molar-refractivity contribution is 0.363. The Morgan fingerprint density at radius 3 is 2.29 bits per heavy atom. The number of methoxy groups -OCH3 is 1. The monoisotopic (exact) mass is 289 g/mol. The van der Waals surface area contributed by atoms with Crippen molar-refractivity contribution in [3.05, 3.63) is 47.5 Å². The van der Waals surface area contributed by atoms with Gasteiger partial charge in [0.1, 0.15) is 5.75 Å². The zero-order valence-electron chi connectivity index (χ0n) is 12.0. The van der Waals surface area contributed by atoms with Crippen LogP contribution >= 0.6 is 0 Å². The third-order valence-electron chi connectivity index (χ3n) is 3.43. The van der Waals surface area contributed by atoms with Crippen molar-refractivity contribution in [1.29, 1.82) is 0 Å². The van der Waals surface area contributed by atoms with Crippen molar-refractivity contribution in [2.45, 2.75) is 19.5 Å². The van der Waals surface area contributed by atoms with Gasteiger partial charge in [-0.05, 0) is 30.7 Å². The molecule has 0 bridgehead atoms. The molecule has 0 aliphatic heterocycles. The van der Waals surface area contributed by atoms with Crippen LogP contribution in [0.25, 0.3) is 0 Å². The Morgan fingerprint density at radius 2 is 1.67 bits per heavy atom. The highest BCUT2D eigenvalue weighted by molar-refractivity contribution is 5.53. The van der Waals surface area contributed by atoms with E-state index in [1.165, 1.54) is 6.07 Å². The second-order valence-electron chi connectivity index (χ2n) is 4.82. The van der Waals surface area contributed by atoms with E-state index in [-0.39, 0.29) is 17.5 Å². The summed E-state index contributed by atoms with van der Waals surface area (Å²) in [7, 11) is 1.62. The molecule has 0 aromatic heterocycles. The van der Waals surface area contributed by atoms with Gasteiger partial charge in [0.25, 0.3) is 0 Å². The summed E-state index contributed by atoms with van der Waals surface area (Å²) in [4.78, 5) is 0. The minimum atomic E-state index is -0.494. The van der Waals surface area contributed by atoms with Gasteiger partial charge in [-0.3, -0.25) is 0 Å². The van der Waals surface area contributed by atoms with E-state index in [1.807, 2.05) is 31.2 Å². The van der Waals surface area contributed by atoms with E-state index in [0.717, 1.165) is 11.3 Å². The summed E-state index contributed by atoms with van der Waals surface area (Å²) in [6, 6.07) is 10.7. The molecule has 0 aliphatic rings. The molecule has 2 aromatic carbocycles. The molecule has 1 unspecified atom stereocenters. The molecule has 0 aliphatic carbocycles. The SMILES string of the molecule is COc1ccc(C(C)NCc2ccc(O)c(O)c2O)cc1. The summed E-state index contributed by atoms with van der Waals surface area (Å²) in [6.07, 6.45) is 0. The Balaban J connectivity index is 2.03. The lowest BCUT2D eigenvalue weighted by atomic mass is 10.1. The zero-order valence-corrected chi connectivity index (χ0v) is 12.0. The third-order valence-corrected chi connectivity index (χ3v) is 3.43. The van der Waals surface area contributed by atoms with Crippen molar-refractivity contribution < 1.29 is 20.1 Å². The van der Waals surface area contributed by atoms with Crippen molar-refractivity contribution in [2.75, 3.05) is 7.11 Å². The van der Waals surface area contributed by atoms with E-state index in [9.17, 15) is 15.3 Å². The van der Waals surface area contributed by atoms with Gasteiger partial charge in [-0.1, -0.05) is 18.2 Å². The van der Waals surface area contributed by atoms with Crippen LogP contribution in [-0.2, 0) is 6.54 Å². The van der Waals surface area contributed by atoms with Crippen LogP contribution in [0.5, 0.6) is 23.0 Å². The Labute approximate surface area is 123 Å². The van der Waals surface area contributed by atoms with Crippen molar-refractivity contribution in [1.82, 2.24) is 5.32 Å². The van der Waals surface area contributed by atoms with E-state index < -0.39 is 5.75 Å². The van der Waals surface area contributed by atoms with Crippen LogP contribution in [0.1, 0.15) is 24.1 Å². The standard InChI is InChI=1S/C16H19NO4/c1-10(11-3-6-13(21-2)7-4-11)17-9-12-5-8-14(18)16(20)15(12)19/h3-8,10,17-20H,9H2,1-2H3. The quantitative estimate of drug-likeness (QED) is 0.636. The lowest BCUT2D eigenvalue weighted by Gasteiger charge is -2.16. The number of nitrogens with one attached hydrogen (secondary N) is 1. The molecule has 5 heteroatoms. The average Bonchev–Trinajstić information content (AvgIpc) is 2.52. The number of hydrogen-bond acceptors (Lipinski definition) is 5. The zero-order chi connectivity index (χ0) is 15.4. The van der Waals surface area contributed by atoms with Gasteiger partial charge in [0.05, 0.1) is 7.11 Å². The molecule has 0 heterocycles. The second kappa shape index (κ2) is 6.37. The van der Waals surface area contributed by atoms with Crippen molar-refractivity contribution in [2.24, 2.45) is 0 Å². The van der Waals surface area contributed by atoms with Crippen LogP contribution in [0.4, 0.5) is 0 Å². The van der Waals surface area contributed by atoms with Crippen LogP contribution in [0.2, 0.25) is 0 Å². The Kier molecular flexibility index (Phi) is 4.55. The fourth-order valence-corrected chi connectivity index (χ4v) is 2.03. The molecular weight excluding hydrogens is 270 g/mol. The Bertz CT molecular complexity index is 610. The Hall–Kier alpha value is -2.40. The van der Waals surface area contributed by atoms with Crippen LogP contribution in [0.15, 0.2) is 36.4 Å². The van der Waals surface area contributed by atoms with Gasteiger partial charge in [0.15, 0.2) is 11.5 Å². The molecule has 0 saturated heterocycles. The van der Waals surface area contributed by atoms with Gasteiger partial charge in [0, 0.05) is 18.2 Å². The molecule has 1 atom stereocenters. The lowest BCUT2D eigenvalue weighted by Crippen LogP contribution is -2.18. The molecule has 2 rings (SSSR count). The fourth-order valence-electron chi connectivity index (χ4n) is 2.03. The maximum Gasteiger partial charge on any atom is 0.200 e. The van der Waals surface area contributed by atoms with Crippen molar-refractivity contribution in [3.8, 4) is 23.0 Å².